The molecule has 1 saturated carbocycles. The number of hydrogen-bond donors (Lipinski definition) is 6. The molecule has 17 heteroatoms. The molecule has 2 aromatic carbocycles. The topological polar surface area (TPSA) is 207 Å². The van der Waals surface area contributed by atoms with Gasteiger partial charge in [0.25, 0.3) is 11.1 Å². The number of nitrogens with one attached hydrogen (secondary N) is 4. The Bertz CT molecular complexity index is 3390. The fraction of sp³-hybridized carbons (Fsp3) is 0.296. The highest BCUT2D eigenvalue weighted by molar-refractivity contribution is 5.95. The normalized spacial score (nSPS) is 17.9. The van der Waals surface area contributed by atoms with E-state index in [9.17, 15) is 19.8 Å². The van der Waals surface area contributed by atoms with Crippen LogP contribution < -0.4 is 41.0 Å². The van der Waals surface area contributed by atoms with Crippen LogP contribution in [-0.4, -0.2) is 92.2 Å². The molecule has 2 unspecified atom stereocenters. The number of aromatic nitrogens is 6. The summed E-state index contributed by atoms with van der Waals surface area (Å²) in [6.45, 7) is 4.98. The number of anilines is 6. The zero-order chi connectivity index (χ0) is 48.8. The van der Waals surface area contributed by atoms with Crippen molar-refractivity contribution in [2.45, 2.75) is 56.7 Å². The first-order chi connectivity index (χ1) is 34.5. The van der Waals surface area contributed by atoms with Gasteiger partial charge in [-0.05, 0) is 116 Å². The molecule has 11 rings (SSSR count). The molecule has 71 heavy (non-hydrogen) atoms. The van der Waals surface area contributed by atoms with Crippen LogP contribution in [0.3, 0.4) is 0 Å². The fourth-order valence-electron chi connectivity index (χ4n) is 9.68. The van der Waals surface area contributed by atoms with E-state index in [1.807, 2.05) is 54.6 Å². The Labute approximate surface area is 407 Å². The summed E-state index contributed by atoms with van der Waals surface area (Å²) in [5.74, 6) is 1.45. The summed E-state index contributed by atoms with van der Waals surface area (Å²) < 4.78 is 27.6. The Morgan fingerprint density at radius 3 is 1.96 bits per heavy atom. The van der Waals surface area contributed by atoms with Crippen LogP contribution >= 0.6 is 0 Å². The van der Waals surface area contributed by atoms with Crippen LogP contribution in [0.4, 0.5) is 38.8 Å². The number of rotatable bonds is 13. The predicted molar refractivity (Wildman–Crippen MR) is 273 cm³/mol. The van der Waals surface area contributed by atoms with Crippen molar-refractivity contribution in [2.75, 3.05) is 60.3 Å². The zero-order valence-corrected chi connectivity index (χ0v) is 39.3. The first-order valence-electron chi connectivity index (χ1n) is 24.0. The number of aliphatic hydroxyl groups excluding tert-OH is 2. The van der Waals surface area contributed by atoms with Gasteiger partial charge in [0.15, 0.2) is 0 Å². The second-order valence-corrected chi connectivity index (χ2v) is 19.0. The summed E-state index contributed by atoms with van der Waals surface area (Å²) in [6.07, 6.45) is 9.78. The second-order valence-electron chi connectivity index (χ2n) is 19.0. The maximum Gasteiger partial charge on any atom is 0.259 e. The quantitative estimate of drug-likeness (QED) is 0.0645. The number of fused-ring (bicyclic) bond motifs is 2. The van der Waals surface area contributed by atoms with Crippen molar-refractivity contribution >= 4 is 56.2 Å². The van der Waals surface area contributed by atoms with Gasteiger partial charge in [0.2, 0.25) is 0 Å². The monoisotopic (exact) mass is 956 g/mol. The van der Waals surface area contributed by atoms with Crippen molar-refractivity contribution in [3.05, 3.63) is 142 Å². The lowest BCUT2D eigenvalue weighted by Crippen LogP contribution is -2.45. The van der Waals surface area contributed by atoms with Crippen LogP contribution in [0.5, 0.6) is 11.5 Å². The third kappa shape index (κ3) is 9.45. The molecule has 0 spiro atoms. The Morgan fingerprint density at radius 2 is 1.34 bits per heavy atom. The summed E-state index contributed by atoms with van der Waals surface area (Å²) in [4.78, 5) is 55.2. The van der Waals surface area contributed by atoms with Gasteiger partial charge < -0.3 is 50.1 Å². The van der Waals surface area contributed by atoms with Gasteiger partial charge >= 0.3 is 0 Å². The Kier molecular flexibility index (Phi) is 12.1. The van der Waals surface area contributed by atoms with Gasteiger partial charge in [0.05, 0.1) is 94.3 Å². The standard InChI is InChI=1S/C54H53FN10O6/c1-54(14-15-54)33-3-6-40(55)39(23-33)44-26-46(51-42(61-44)10-17-57-53(51)69)63-49-8-5-35(28-59-49)65-20-13-47(67)32(29-65)30-71-38-22-31(21-37(24-38)70-2)43-25-45(50-41(60-43)9-16-56-52(50)68)62-48-7-4-34(27-58-48)64-18-11-36(66)12-19-64/h3-10,16-17,21-28,32,36,47,66-67H,11-15,18-20,29-30H2,1-2H3,(H,56,68)(H,57,69)(H,58,60,62)(H,59,61,63). The molecule has 0 bridgehead atoms. The first kappa shape index (κ1) is 45.5. The lowest BCUT2D eigenvalue weighted by atomic mass is 9.95. The van der Waals surface area contributed by atoms with Crippen molar-refractivity contribution in [1.82, 2.24) is 29.9 Å². The van der Waals surface area contributed by atoms with Crippen molar-refractivity contribution in [2.24, 2.45) is 5.92 Å². The van der Waals surface area contributed by atoms with Crippen LogP contribution in [0, 0.1) is 11.7 Å². The van der Waals surface area contributed by atoms with Crippen molar-refractivity contribution in [1.29, 1.82) is 0 Å². The Balaban J connectivity index is 0.796. The number of hydrogen-bond acceptors (Lipinski definition) is 14. The van der Waals surface area contributed by atoms with Crippen LogP contribution in [0.25, 0.3) is 44.3 Å². The third-order valence-electron chi connectivity index (χ3n) is 14.2. The fourth-order valence-corrected chi connectivity index (χ4v) is 9.68. The minimum absolute atomic E-state index is 0.0315. The van der Waals surface area contributed by atoms with E-state index in [-0.39, 0.29) is 41.0 Å². The average Bonchev–Trinajstić information content (AvgIpc) is 4.14. The minimum atomic E-state index is -0.612. The second kappa shape index (κ2) is 18.8. The predicted octanol–water partition coefficient (Wildman–Crippen LogP) is 8.20. The van der Waals surface area contributed by atoms with E-state index in [4.69, 9.17) is 24.4 Å². The molecule has 8 heterocycles. The van der Waals surface area contributed by atoms with E-state index >= 15 is 4.39 Å². The number of benzene rings is 2. The van der Waals surface area contributed by atoms with Crippen molar-refractivity contribution < 1.29 is 24.1 Å². The largest absolute Gasteiger partial charge is 0.497 e. The van der Waals surface area contributed by atoms with E-state index in [1.165, 1.54) is 12.3 Å². The molecule has 8 aromatic rings. The molecule has 3 aliphatic rings. The van der Waals surface area contributed by atoms with Gasteiger partial charge in [-0.1, -0.05) is 13.0 Å². The molecule has 6 aromatic heterocycles. The van der Waals surface area contributed by atoms with E-state index < -0.39 is 6.10 Å². The van der Waals surface area contributed by atoms with E-state index in [2.05, 4.69) is 42.3 Å². The minimum Gasteiger partial charge on any atom is -0.497 e. The van der Waals surface area contributed by atoms with Crippen molar-refractivity contribution in [3.8, 4) is 34.0 Å². The molecule has 2 saturated heterocycles. The molecule has 16 nitrogen and oxygen atoms in total. The molecule has 2 atom stereocenters. The summed E-state index contributed by atoms with van der Waals surface area (Å²) in [5, 5.41) is 28.6. The van der Waals surface area contributed by atoms with Crippen LogP contribution in [-0.2, 0) is 5.41 Å². The molecule has 6 N–H and O–H groups in total. The number of aliphatic hydroxyl groups is 2. The molecule has 1 aliphatic carbocycles. The van der Waals surface area contributed by atoms with Crippen LogP contribution in [0.2, 0.25) is 0 Å². The lowest BCUT2D eigenvalue weighted by molar-refractivity contribution is 0.0590. The summed E-state index contributed by atoms with van der Waals surface area (Å²) in [7, 11) is 1.58. The van der Waals surface area contributed by atoms with Gasteiger partial charge in [-0.3, -0.25) is 9.59 Å². The number of H-pyrrole nitrogens is 2. The third-order valence-corrected chi connectivity index (χ3v) is 14.2. The summed E-state index contributed by atoms with van der Waals surface area (Å²) in [5.41, 5.74) is 6.20. The van der Waals surface area contributed by atoms with Crippen molar-refractivity contribution in [3.63, 3.8) is 0 Å². The SMILES string of the molecule is COc1cc(OCC2CN(c3ccc(Nc4cc(-c5cc(C6(C)CC6)ccc5F)nc5cc[nH]c(=O)c45)nc3)CCC2O)cc(-c2cc(Nc3ccc(N4CCC(O)CC4)cn3)c3c(=O)[nH]ccc3n2)c1. The van der Waals surface area contributed by atoms with Crippen LogP contribution in [0.15, 0.2) is 119 Å². The highest BCUT2D eigenvalue weighted by Gasteiger charge is 2.39. The maximum absolute atomic E-state index is 15.4. The Hall–Kier alpha value is -7.89. The van der Waals surface area contributed by atoms with Gasteiger partial charge in [0.1, 0.15) is 29.0 Å². The molecule has 0 amide bonds. The number of halogens is 1. The first-order valence-corrected chi connectivity index (χ1v) is 24.0. The number of methoxy groups -OCH3 is 1. The number of nitrogens with zero attached hydrogens (tertiary/aromatic N) is 6. The molecule has 2 aliphatic heterocycles. The van der Waals surface area contributed by atoms with Gasteiger partial charge in [-0.2, -0.15) is 0 Å². The zero-order valence-electron chi connectivity index (χ0n) is 39.3. The summed E-state index contributed by atoms with van der Waals surface area (Å²) >= 11 is 0. The molecular weight excluding hydrogens is 904 g/mol. The van der Waals surface area contributed by atoms with E-state index in [0.29, 0.717) is 111 Å². The lowest BCUT2D eigenvalue weighted by Gasteiger charge is -2.37. The van der Waals surface area contributed by atoms with Crippen LogP contribution in [0.1, 0.15) is 44.6 Å². The maximum atomic E-state index is 15.4. The number of aromatic amines is 2. The smallest absolute Gasteiger partial charge is 0.259 e. The highest BCUT2D eigenvalue weighted by atomic mass is 19.1. The number of piperidine rings is 2. The Morgan fingerprint density at radius 1 is 0.732 bits per heavy atom. The van der Waals surface area contributed by atoms with Gasteiger partial charge in [-0.15, -0.1) is 0 Å². The van der Waals surface area contributed by atoms with Gasteiger partial charge in [0, 0.05) is 61.7 Å². The summed E-state index contributed by atoms with van der Waals surface area (Å²) in [6, 6.07) is 25.3. The molecule has 3 fully saturated rings. The van der Waals surface area contributed by atoms with Gasteiger partial charge in [-0.25, -0.2) is 24.3 Å². The number of pyridine rings is 6. The molecular formula is C54H53FN10O6. The number of ether oxygens (including phenoxy) is 2. The van der Waals surface area contributed by atoms with E-state index in [0.717, 1.165) is 42.9 Å². The average molecular weight is 957 g/mol. The molecule has 0 radical (unpaired) electrons. The highest BCUT2D eigenvalue weighted by Crippen LogP contribution is 2.48. The van der Waals surface area contributed by atoms with E-state index in [1.54, 1.807) is 50.0 Å². The molecule has 362 valence electrons.